The number of esters is 1. The minimum Gasteiger partial charge on any atom is -0.463 e. The van der Waals surface area contributed by atoms with Gasteiger partial charge in [-0.3, -0.25) is 4.79 Å². The van der Waals surface area contributed by atoms with E-state index in [1.165, 1.54) is 167 Å². The number of nitrogens with zero attached hydrogens (tertiary/aromatic N) is 1. The van der Waals surface area contributed by atoms with E-state index in [4.69, 9.17) is 34.3 Å². The molecule has 1 fully saturated rings. The summed E-state index contributed by atoms with van der Waals surface area (Å²) in [5, 5.41) is 26.5. The molecule has 0 aliphatic carbocycles. The third kappa shape index (κ3) is 49.8. The highest BCUT2D eigenvalue weighted by Gasteiger charge is 2.24. The van der Waals surface area contributed by atoms with Gasteiger partial charge < -0.3 is 39.2 Å². The lowest BCUT2D eigenvalue weighted by Gasteiger charge is -2.17. The lowest BCUT2D eigenvalue weighted by Crippen LogP contribution is -2.20. The number of carbonyl (C=O) groups excluding carboxylic acids is 1. The first kappa shape index (κ1) is 61.3. The highest BCUT2D eigenvalue weighted by Crippen LogP contribution is 2.21. The van der Waals surface area contributed by atoms with Crippen LogP contribution in [0.25, 0.3) is 0 Å². The van der Waals surface area contributed by atoms with Crippen molar-refractivity contribution in [1.29, 1.82) is 0 Å². The molecule has 0 bridgehead atoms. The summed E-state index contributed by atoms with van der Waals surface area (Å²) in [5.74, 6) is 1.54. The molecule has 9 heteroatoms. The lowest BCUT2D eigenvalue weighted by molar-refractivity contribution is -0.152. The van der Waals surface area contributed by atoms with Crippen LogP contribution >= 0.6 is 0 Å². The van der Waals surface area contributed by atoms with Crippen LogP contribution in [0.4, 0.5) is 0 Å². The van der Waals surface area contributed by atoms with Crippen molar-refractivity contribution in [2.24, 2.45) is 11.8 Å². The predicted molar refractivity (Wildman–Crippen MR) is 254 cm³/mol. The number of hydrogen-bond acceptors (Lipinski definition) is 9. The molecule has 0 aromatic heterocycles. The Morgan fingerprint density at radius 2 is 1.05 bits per heavy atom. The maximum absolute atomic E-state index is 11.3. The van der Waals surface area contributed by atoms with Crippen molar-refractivity contribution in [3.05, 3.63) is 0 Å². The molecule has 1 aliphatic rings. The van der Waals surface area contributed by atoms with Gasteiger partial charge in [-0.05, 0) is 83.8 Å². The second kappa shape index (κ2) is 50.8. The van der Waals surface area contributed by atoms with Crippen molar-refractivity contribution in [3.63, 3.8) is 0 Å². The van der Waals surface area contributed by atoms with Gasteiger partial charge in [-0.25, -0.2) is 0 Å². The molecule has 0 aromatic carbocycles. The number of ether oxygens (including phenoxy) is 4. The average molecular weight is 860 g/mol. The monoisotopic (exact) mass is 860 g/mol. The fourth-order valence-electron chi connectivity index (χ4n) is 7.43. The molecule has 0 radical (unpaired) electrons. The Balaban J connectivity index is 0. The molecule has 9 nitrogen and oxygen atoms in total. The predicted octanol–water partition coefficient (Wildman–Crippen LogP) is 12.6. The molecule has 1 saturated heterocycles. The van der Waals surface area contributed by atoms with Crippen LogP contribution in [0.3, 0.4) is 0 Å². The van der Waals surface area contributed by atoms with Crippen LogP contribution in [-0.2, 0) is 23.7 Å². The summed E-state index contributed by atoms with van der Waals surface area (Å²) in [6.45, 7) is 14.9. The van der Waals surface area contributed by atoms with Gasteiger partial charge in [0.1, 0.15) is 6.61 Å². The standard InChI is InChI=1S/C22H46O2.C18H38O2.C11H21NO4/c1-3-5-12-16-22(17-13-6-4-2)18-21-24-20-15-11-9-7-8-10-14-19-23;1-3-4-10-13-18(2)14-17-20-16-12-9-7-5-6-8-11-15-19;1-12(2)7-3-4-10(13)15-8-9-5-6-11(14)16-9/h22-23H,3-21H2,1-2H3;18-19H,3-17H2,1-2H3;9,11,14H,3-8H2,1-2H3/t;;9?,11-/m..1/s1. The Hall–Kier alpha value is -0.810. The maximum atomic E-state index is 11.3. The summed E-state index contributed by atoms with van der Waals surface area (Å²) in [7, 11) is 3.94. The Morgan fingerprint density at radius 1 is 0.583 bits per heavy atom. The van der Waals surface area contributed by atoms with E-state index in [-0.39, 0.29) is 18.7 Å². The Morgan fingerprint density at radius 3 is 1.50 bits per heavy atom. The average Bonchev–Trinajstić information content (AvgIpc) is 3.66. The Labute approximate surface area is 373 Å². The van der Waals surface area contributed by atoms with Crippen molar-refractivity contribution in [2.75, 3.05) is 66.9 Å². The van der Waals surface area contributed by atoms with Gasteiger partial charge in [-0.1, -0.05) is 169 Å². The van der Waals surface area contributed by atoms with Crippen LogP contribution in [-0.4, -0.2) is 105 Å². The van der Waals surface area contributed by atoms with E-state index in [1.54, 1.807) is 0 Å². The molecule has 3 atom stereocenters. The van der Waals surface area contributed by atoms with Gasteiger partial charge in [0.15, 0.2) is 6.29 Å². The fraction of sp³-hybridized carbons (Fsp3) is 0.980. The zero-order chi connectivity index (χ0) is 44.6. The molecule has 0 spiro atoms. The largest absolute Gasteiger partial charge is 0.463 e. The van der Waals surface area contributed by atoms with Crippen molar-refractivity contribution in [3.8, 4) is 0 Å². The zero-order valence-electron chi connectivity index (χ0n) is 40.9. The van der Waals surface area contributed by atoms with Crippen LogP contribution in [0.15, 0.2) is 0 Å². The van der Waals surface area contributed by atoms with E-state index in [9.17, 15) is 4.79 Å². The van der Waals surface area contributed by atoms with Gasteiger partial charge in [0.05, 0.1) is 6.10 Å². The van der Waals surface area contributed by atoms with Crippen molar-refractivity contribution in [2.45, 2.75) is 246 Å². The summed E-state index contributed by atoms with van der Waals surface area (Å²) < 4.78 is 21.8. The first-order valence-electron chi connectivity index (χ1n) is 25.7. The molecule has 0 saturated carbocycles. The number of unbranched alkanes of at least 4 members (excludes halogenated alkanes) is 18. The minimum atomic E-state index is -0.683. The number of rotatable bonds is 42. The molecule has 0 aromatic rings. The highest BCUT2D eigenvalue weighted by atomic mass is 16.6. The molecular formula is C51H105NO8. The Bertz CT molecular complexity index is 808. The van der Waals surface area contributed by atoms with Gasteiger partial charge in [0, 0.05) is 52.5 Å². The SMILES string of the molecule is CCCCCC(C)CCOCCCCCCCCCO.CCCCCC(CCCCC)CCOCCCCCCCCCO.CN(C)CCCC(=O)OCC1CC[C@H](O)O1. The van der Waals surface area contributed by atoms with Crippen LogP contribution in [0.5, 0.6) is 0 Å². The van der Waals surface area contributed by atoms with Crippen molar-refractivity contribution < 1.29 is 39.1 Å². The van der Waals surface area contributed by atoms with Crippen molar-refractivity contribution >= 4 is 5.97 Å². The number of carbonyl (C=O) groups is 1. The summed E-state index contributed by atoms with van der Waals surface area (Å²) in [6.07, 6.45) is 38.0. The lowest BCUT2D eigenvalue weighted by atomic mass is 9.92. The van der Waals surface area contributed by atoms with Crippen LogP contribution < -0.4 is 0 Å². The second-order valence-electron chi connectivity index (χ2n) is 18.0. The molecule has 3 N–H and O–H groups in total. The second-order valence-corrected chi connectivity index (χ2v) is 18.0. The summed E-state index contributed by atoms with van der Waals surface area (Å²) in [6, 6.07) is 0. The summed E-state index contributed by atoms with van der Waals surface area (Å²) in [4.78, 5) is 13.3. The van der Waals surface area contributed by atoms with Gasteiger partial charge >= 0.3 is 5.97 Å². The van der Waals surface area contributed by atoms with Crippen molar-refractivity contribution in [1.82, 2.24) is 4.90 Å². The third-order valence-corrected chi connectivity index (χ3v) is 11.6. The van der Waals surface area contributed by atoms with Gasteiger partial charge in [0.2, 0.25) is 0 Å². The number of hydrogen-bond donors (Lipinski definition) is 3. The first-order valence-corrected chi connectivity index (χ1v) is 25.7. The topological polar surface area (TPSA) is 118 Å². The van der Waals surface area contributed by atoms with E-state index in [0.717, 1.165) is 70.5 Å². The molecule has 2 unspecified atom stereocenters. The molecule has 60 heavy (non-hydrogen) atoms. The molecule has 0 amide bonds. The Kier molecular flexibility index (Phi) is 51.9. The van der Waals surface area contributed by atoms with E-state index >= 15 is 0 Å². The molecular weight excluding hydrogens is 755 g/mol. The number of aliphatic hydroxyl groups is 3. The molecule has 362 valence electrons. The smallest absolute Gasteiger partial charge is 0.305 e. The summed E-state index contributed by atoms with van der Waals surface area (Å²) in [5.41, 5.74) is 0. The van der Waals surface area contributed by atoms with E-state index in [0.29, 0.717) is 26.1 Å². The van der Waals surface area contributed by atoms with Crippen LogP contribution in [0.1, 0.15) is 233 Å². The zero-order valence-corrected chi connectivity index (χ0v) is 40.9. The van der Waals surface area contributed by atoms with Crippen LogP contribution in [0.2, 0.25) is 0 Å². The third-order valence-electron chi connectivity index (χ3n) is 11.6. The van der Waals surface area contributed by atoms with Gasteiger partial charge in [-0.2, -0.15) is 0 Å². The number of aliphatic hydroxyl groups excluding tert-OH is 3. The minimum absolute atomic E-state index is 0.132. The maximum Gasteiger partial charge on any atom is 0.305 e. The van der Waals surface area contributed by atoms with Crippen LogP contribution in [0, 0.1) is 11.8 Å². The highest BCUT2D eigenvalue weighted by molar-refractivity contribution is 5.69. The van der Waals surface area contributed by atoms with Gasteiger partial charge in [-0.15, -0.1) is 0 Å². The summed E-state index contributed by atoms with van der Waals surface area (Å²) >= 11 is 0. The van der Waals surface area contributed by atoms with E-state index in [2.05, 4.69) is 27.7 Å². The molecule has 1 aliphatic heterocycles. The fourth-order valence-corrected chi connectivity index (χ4v) is 7.43. The quantitative estimate of drug-likeness (QED) is 0.0407. The van der Waals surface area contributed by atoms with Gasteiger partial charge in [0.25, 0.3) is 0 Å². The first-order chi connectivity index (χ1) is 29.2. The molecule has 1 heterocycles. The van der Waals surface area contributed by atoms with E-state index < -0.39 is 6.29 Å². The van der Waals surface area contributed by atoms with E-state index in [1.807, 2.05) is 19.0 Å². The normalized spacial score (nSPS) is 15.5. The molecule has 1 rings (SSSR count).